The number of sulfonamides is 1. The molecule has 0 unspecified atom stereocenters. The molecule has 3 aromatic rings. The lowest BCUT2D eigenvalue weighted by Crippen LogP contribution is -2.25. The molecule has 4 rings (SSSR count). The second kappa shape index (κ2) is 9.40. The van der Waals surface area contributed by atoms with E-state index in [2.05, 4.69) is 19.8 Å². The SMILES string of the molecule is CCCc1nc2nc(C)c(NS(=O)(=O)c3ccc(C4CCCCC4)cc3)c(=O)n2[nH]1.Cl. The van der Waals surface area contributed by atoms with E-state index in [4.69, 9.17) is 0 Å². The van der Waals surface area contributed by atoms with Crippen LogP contribution in [0.3, 0.4) is 0 Å². The van der Waals surface area contributed by atoms with E-state index < -0.39 is 15.6 Å². The fourth-order valence-electron chi connectivity index (χ4n) is 4.08. The van der Waals surface area contributed by atoms with Crippen molar-refractivity contribution in [2.75, 3.05) is 4.72 Å². The molecule has 31 heavy (non-hydrogen) atoms. The Morgan fingerprint density at radius 3 is 2.45 bits per heavy atom. The zero-order chi connectivity index (χ0) is 21.3. The fourth-order valence-corrected chi connectivity index (χ4v) is 5.19. The molecular weight excluding hydrogens is 438 g/mol. The van der Waals surface area contributed by atoms with Gasteiger partial charge in [-0.3, -0.25) is 14.6 Å². The van der Waals surface area contributed by atoms with Crippen LogP contribution in [0.1, 0.15) is 68.4 Å². The van der Waals surface area contributed by atoms with E-state index in [-0.39, 0.29) is 34.5 Å². The molecule has 10 heteroatoms. The zero-order valence-electron chi connectivity index (χ0n) is 17.7. The zero-order valence-corrected chi connectivity index (χ0v) is 19.4. The predicted octanol–water partition coefficient (Wildman–Crippen LogP) is 3.95. The Balaban J connectivity index is 0.00000272. The third kappa shape index (κ3) is 4.77. The Hall–Kier alpha value is -2.39. The van der Waals surface area contributed by atoms with Crippen molar-refractivity contribution in [1.29, 1.82) is 0 Å². The lowest BCUT2D eigenvalue weighted by atomic mass is 9.84. The molecule has 0 atom stereocenters. The van der Waals surface area contributed by atoms with E-state index >= 15 is 0 Å². The molecule has 2 N–H and O–H groups in total. The van der Waals surface area contributed by atoms with Crippen molar-refractivity contribution in [2.24, 2.45) is 0 Å². The number of nitrogens with one attached hydrogen (secondary N) is 2. The van der Waals surface area contributed by atoms with Crippen LogP contribution in [0.15, 0.2) is 34.0 Å². The average Bonchev–Trinajstić information content (AvgIpc) is 3.15. The lowest BCUT2D eigenvalue weighted by Gasteiger charge is -2.22. The number of rotatable bonds is 6. The first-order chi connectivity index (χ1) is 14.4. The molecule has 1 aliphatic rings. The van der Waals surface area contributed by atoms with Crippen molar-refractivity contribution >= 4 is 33.9 Å². The first-order valence-corrected chi connectivity index (χ1v) is 12.0. The maximum Gasteiger partial charge on any atom is 0.298 e. The van der Waals surface area contributed by atoms with Gasteiger partial charge < -0.3 is 0 Å². The highest BCUT2D eigenvalue weighted by Crippen LogP contribution is 2.33. The van der Waals surface area contributed by atoms with Crippen molar-refractivity contribution in [2.45, 2.75) is 69.6 Å². The molecule has 8 nitrogen and oxygen atoms in total. The summed E-state index contributed by atoms with van der Waals surface area (Å²) in [6.45, 7) is 3.60. The summed E-state index contributed by atoms with van der Waals surface area (Å²) in [7, 11) is -3.92. The molecule has 168 valence electrons. The van der Waals surface area contributed by atoms with Crippen molar-refractivity contribution in [1.82, 2.24) is 19.6 Å². The average molecular weight is 466 g/mol. The highest BCUT2D eigenvalue weighted by Gasteiger charge is 2.22. The number of fused-ring (bicyclic) bond motifs is 1. The summed E-state index contributed by atoms with van der Waals surface area (Å²) in [5.41, 5.74) is 0.871. The van der Waals surface area contributed by atoms with Crippen LogP contribution in [0.2, 0.25) is 0 Å². The Kier molecular flexibility index (Phi) is 7.06. The van der Waals surface area contributed by atoms with Crippen LogP contribution < -0.4 is 10.3 Å². The minimum absolute atomic E-state index is 0. The highest BCUT2D eigenvalue weighted by molar-refractivity contribution is 7.92. The minimum atomic E-state index is -3.92. The van der Waals surface area contributed by atoms with Gasteiger partial charge in [0.1, 0.15) is 11.5 Å². The van der Waals surface area contributed by atoms with E-state index in [0.29, 0.717) is 18.2 Å². The van der Waals surface area contributed by atoms with Gasteiger partial charge in [0.2, 0.25) is 0 Å². The van der Waals surface area contributed by atoms with Gasteiger partial charge in [-0.15, -0.1) is 12.4 Å². The molecule has 2 heterocycles. The van der Waals surface area contributed by atoms with E-state index in [0.717, 1.165) is 19.3 Å². The summed E-state index contributed by atoms with van der Waals surface area (Å²) < 4.78 is 29.5. The van der Waals surface area contributed by atoms with Gasteiger partial charge in [-0.1, -0.05) is 38.3 Å². The number of hydrogen-bond donors (Lipinski definition) is 2. The summed E-state index contributed by atoms with van der Waals surface area (Å²) in [6, 6.07) is 7.00. The quantitative estimate of drug-likeness (QED) is 0.572. The summed E-state index contributed by atoms with van der Waals surface area (Å²) in [5, 5.41) is 2.90. The van der Waals surface area contributed by atoms with Crippen LogP contribution in [0.25, 0.3) is 5.78 Å². The number of hydrogen-bond acceptors (Lipinski definition) is 5. The Bertz CT molecular complexity index is 1210. The number of aromatic nitrogens is 4. The first-order valence-electron chi connectivity index (χ1n) is 10.5. The van der Waals surface area contributed by atoms with Gasteiger partial charge in [-0.2, -0.15) is 9.50 Å². The minimum Gasteiger partial charge on any atom is -0.275 e. The molecule has 0 aliphatic heterocycles. The second-order valence-corrected chi connectivity index (χ2v) is 9.62. The summed E-state index contributed by atoms with van der Waals surface area (Å²) in [6.07, 6.45) is 7.56. The molecule has 1 aliphatic carbocycles. The summed E-state index contributed by atoms with van der Waals surface area (Å²) >= 11 is 0. The van der Waals surface area contributed by atoms with Crippen LogP contribution in [-0.2, 0) is 16.4 Å². The molecular formula is C21H28ClN5O3S. The monoisotopic (exact) mass is 465 g/mol. The molecule has 0 radical (unpaired) electrons. The Morgan fingerprint density at radius 2 is 1.81 bits per heavy atom. The third-order valence-electron chi connectivity index (χ3n) is 5.71. The van der Waals surface area contributed by atoms with Crippen LogP contribution in [0, 0.1) is 6.92 Å². The third-order valence-corrected chi connectivity index (χ3v) is 7.08. The van der Waals surface area contributed by atoms with Crippen LogP contribution in [0.4, 0.5) is 5.69 Å². The van der Waals surface area contributed by atoms with Crippen molar-refractivity contribution in [3.05, 3.63) is 51.7 Å². The normalized spacial score (nSPS) is 15.0. The first kappa shape index (κ1) is 23.3. The van der Waals surface area contributed by atoms with Crippen LogP contribution >= 0.6 is 12.4 Å². The fraction of sp³-hybridized carbons (Fsp3) is 0.476. The number of anilines is 1. The van der Waals surface area contributed by atoms with Crippen LogP contribution in [-0.4, -0.2) is 28.0 Å². The summed E-state index contributed by atoms with van der Waals surface area (Å²) in [5.74, 6) is 1.38. The van der Waals surface area contributed by atoms with Gasteiger partial charge in [-0.25, -0.2) is 13.4 Å². The number of halogens is 1. The van der Waals surface area contributed by atoms with Crippen LogP contribution in [0.5, 0.6) is 0 Å². The topological polar surface area (TPSA) is 109 Å². The second-order valence-electron chi connectivity index (χ2n) is 7.94. The van der Waals surface area contributed by atoms with Crippen molar-refractivity contribution < 1.29 is 8.42 Å². The number of nitrogens with zero attached hydrogens (tertiary/aromatic N) is 3. The highest BCUT2D eigenvalue weighted by atomic mass is 35.5. The van der Waals surface area contributed by atoms with Gasteiger partial charge >= 0.3 is 0 Å². The number of benzene rings is 1. The maximum absolute atomic E-state index is 12.9. The van der Waals surface area contributed by atoms with Gasteiger partial charge in [0.25, 0.3) is 21.4 Å². The Labute approximate surface area is 188 Å². The smallest absolute Gasteiger partial charge is 0.275 e. The lowest BCUT2D eigenvalue weighted by molar-refractivity contribution is 0.443. The van der Waals surface area contributed by atoms with Gasteiger partial charge in [0.15, 0.2) is 0 Å². The largest absolute Gasteiger partial charge is 0.298 e. The van der Waals surface area contributed by atoms with Gasteiger partial charge in [0.05, 0.1) is 10.6 Å². The molecule has 1 fully saturated rings. The maximum atomic E-state index is 12.9. The molecule has 0 bridgehead atoms. The standard InChI is InChI=1S/C21H27N5O3S.ClH/c1-3-7-18-23-21-22-14(2)19(20(27)26(21)24-18)25-30(28,29)17-12-10-16(11-13-17)15-8-5-4-6-9-15;/h10-13,15,25H,3-9H2,1-2H3,(H,22,23,24);1H. The predicted molar refractivity (Wildman–Crippen MR) is 123 cm³/mol. The van der Waals surface area contributed by atoms with Crippen molar-refractivity contribution in [3.63, 3.8) is 0 Å². The van der Waals surface area contributed by atoms with E-state index in [1.807, 2.05) is 19.1 Å². The molecule has 0 saturated heterocycles. The molecule has 1 saturated carbocycles. The molecule has 1 aromatic carbocycles. The van der Waals surface area contributed by atoms with E-state index in [1.165, 1.54) is 29.3 Å². The van der Waals surface area contributed by atoms with Gasteiger partial charge in [-0.05, 0) is 49.8 Å². The number of aromatic amines is 1. The summed E-state index contributed by atoms with van der Waals surface area (Å²) in [4.78, 5) is 21.6. The van der Waals surface area contributed by atoms with E-state index in [1.54, 1.807) is 19.1 Å². The number of H-pyrrole nitrogens is 1. The molecule has 0 spiro atoms. The Morgan fingerprint density at radius 1 is 1.13 bits per heavy atom. The van der Waals surface area contributed by atoms with Crippen molar-refractivity contribution in [3.8, 4) is 0 Å². The van der Waals surface area contributed by atoms with E-state index in [9.17, 15) is 13.2 Å². The molecule has 2 aromatic heterocycles. The number of aryl methyl sites for hydroxylation is 2. The van der Waals surface area contributed by atoms with Gasteiger partial charge in [0, 0.05) is 6.42 Å². The molecule has 0 amide bonds.